The van der Waals surface area contributed by atoms with Crippen molar-refractivity contribution < 1.29 is 5.11 Å². The number of rotatable bonds is 4. The fourth-order valence-corrected chi connectivity index (χ4v) is 5.41. The van der Waals surface area contributed by atoms with Gasteiger partial charge in [-0.1, -0.05) is 20.8 Å². The number of aliphatic hydroxyl groups is 1. The molecule has 106 valence electrons. The number of hydrogen-bond acceptors (Lipinski definition) is 3. The fourth-order valence-electron chi connectivity index (χ4n) is 5.41. The van der Waals surface area contributed by atoms with Crippen molar-refractivity contribution in [3.8, 4) is 0 Å². The minimum absolute atomic E-state index is 0.0584. The Morgan fingerprint density at radius 3 is 2.22 bits per heavy atom. The number of nitrogens with two attached hydrogens (primary N) is 1. The molecule has 3 nitrogen and oxygen atoms in total. The largest absolute Gasteiger partial charge is 0.396 e. The Kier molecular flexibility index (Phi) is 3.33. The number of nitrogens with zero attached hydrogens (tertiary/aromatic N) is 1. The van der Waals surface area contributed by atoms with Gasteiger partial charge in [-0.05, 0) is 56.7 Å². The standard InChI is InChI=1S/C15H30N2O/c1-13(2)11-6-7-14(13,3)15(8-11,17(4)5)12(9-16)10-18/h11-12,18H,6-10,16H2,1-5H3/t11-,12+,14+,15+/m1/s1. The lowest BCUT2D eigenvalue weighted by Gasteiger charge is -2.56. The zero-order valence-electron chi connectivity index (χ0n) is 12.7. The SMILES string of the molecule is CN(C)[C@]1([C@@H](CN)CO)C[C@H]2CC[C@@]1(C)C2(C)C. The maximum atomic E-state index is 9.81. The molecule has 3 N–H and O–H groups in total. The van der Waals surface area contributed by atoms with E-state index in [1.807, 2.05) is 0 Å². The van der Waals surface area contributed by atoms with Crippen molar-refractivity contribution >= 4 is 0 Å². The summed E-state index contributed by atoms with van der Waals surface area (Å²) in [5, 5.41) is 9.81. The van der Waals surface area contributed by atoms with E-state index >= 15 is 0 Å². The van der Waals surface area contributed by atoms with Crippen LogP contribution in [-0.2, 0) is 0 Å². The lowest BCUT2D eigenvalue weighted by molar-refractivity contribution is -0.0723. The quantitative estimate of drug-likeness (QED) is 0.803. The molecule has 4 atom stereocenters. The number of aliphatic hydroxyl groups excluding tert-OH is 1. The Labute approximate surface area is 112 Å². The van der Waals surface area contributed by atoms with Gasteiger partial charge in [-0.25, -0.2) is 0 Å². The van der Waals surface area contributed by atoms with Crippen LogP contribution < -0.4 is 5.73 Å². The van der Waals surface area contributed by atoms with E-state index < -0.39 is 0 Å². The van der Waals surface area contributed by atoms with E-state index in [9.17, 15) is 5.11 Å². The highest BCUT2D eigenvalue weighted by molar-refractivity contribution is 5.23. The molecule has 0 aromatic rings. The molecule has 0 spiro atoms. The van der Waals surface area contributed by atoms with Crippen molar-refractivity contribution in [3.63, 3.8) is 0 Å². The summed E-state index contributed by atoms with van der Waals surface area (Å²) in [5.41, 5.74) is 6.64. The topological polar surface area (TPSA) is 49.5 Å². The third-order valence-corrected chi connectivity index (χ3v) is 6.93. The predicted molar refractivity (Wildman–Crippen MR) is 75.3 cm³/mol. The third-order valence-electron chi connectivity index (χ3n) is 6.93. The molecule has 0 aromatic carbocycles. The molecule has 0 amide bonds. The van der Waals surface area contributed by atoms with Crippen molar-refractivity contribution in [2.24, 2.45) is 28.4 Å². The highest BCUT2D eigenvalue weighted by Gasteiger charge is 2.70. The first-order valence-electron chi connectivity index (χ1n) is 7.26. The van der Waals surface area contributed by atoms with Gasteiger partial charge in [0.2, 0.25) is 0 Å². The molecule has 0 unspecified atom stereocenters. The van der Waals surface area contributed by atoms with Crippen LogP contribution in [-0.4, -0.2) is 42.8 Å². The van der Waals surface area contributed by atoms with Gasteiger partial charge in [0.05, 0.1) is 0 Å². The van der Waals surface area contributed by atoms with Gasteiger partial charge in [0.15, 0.2) is 0 Å². The zero-order chi connectivity index (χ0) is 13.8. The van der Waals surface area contributed by atoms with Crippen LogP contribution in [0, 0.1) is 22.7 Å². The van der Waals surface area contributed by atoms with Crippen LogP contribution in [0.4, 0.5) is 0 Å². The van der Waals surface area contributed by atoms with Crippen LogP contribution >= 0.6 is 0 Å². The van der Waals surface area contributed by atoms with E-state index in [2.05, 4.69) is 39.8 Å². The molecule has 2 fully saturated rings. The summed E-state index contributed by atoms with van der Waals surface area (Å²) < 4.78 is 0. The van der Waals surface area contributed by atoms with Gasteiger partial charge in [-0.15, -0.1) is 0 Å². The van der Waals surface area contributed by atoms with Crippen molar-refractivity contribution in [1.82, 2.24) is 4.90 Å². The third kappa shape index (κ3) is 1.36. The van der Waals surface area contributed by atoms with E-state index in [0.717, 1.165) is 5.92 Å². The second-order valence-electron chi connectivity index (χ2n) is 7.43. The minimum Gasteiger partial charge on any atom is -0.396 e. The molecule has 0 aromatic heterocycles. The lowest BCUT2D eigenvalue weighted by atomic mass is 9.58. The molecular formula is C15H30N2O. The van der Waals surface area contributed by atoms with Gasteiger partial charge in [0.1, 0.15) is 0 Å². The van der Waals surface area contributed by atoms with Crippen LogP contribution in [0.25, 0.3) is 0 Å². The highest BCUT2D eigenvalue weighted by atomic mass is 16.3. The normalized spacial score (nSPS) is 43.7. The van der Waals surface area contributed by atoms with Crippen molar-refractivity contribution in [2.75, 3.05) is 27.2 Å². The van der Waals surface area contributed by atoms with Crippen molar-refractivity contribution in [2.45, 2.75) is 45.6 Å². The average molecular weight is 254 g/mol. The Balaban J connectivity index is 2.52. The van der Waals surface area contributed by atoms with E-state index in [4.69, 9.17) is 5.73 Å². The predicted octanol–water partition coefficient (Wildman–Crippen LogP) is 1.70. The lowest BCUT2D eigenvalue weighted by Crippen LogP contribution is -2.63. The van der Waals surface area contributed by atoms with Gasteiger partial charge in [-0.2, -0.15) is 0 Å². The molecule has 2 rings (SSSR count). The highest BCUT2D eigenvalue weighted by Crippen LogP contribution is 2.72. The van der Waals surface area contributed by atoms with Crippen molar-refractivity contribution in [3.05, 3.63) is 0 Å². The summed E-state index contributed by atoms with van der Waals surface area (Å²) >= 11 is 0. The van der Waals surface area contributed by atoms with E-state index in [0.29, 0.717) is 12.0 Å². The van der Waals surface area contributed by atoms with Crippen LogP contribution in [0.2, 0.25) is 0 Å². The van der Waals surface area contributed by atoms with E-state index in [1.165, 1.54) is 19.3 Å². The van der Waals surface area contributed by atoms with Crippen LogP contribution in [0.15, 0.2) is 0 Å². The summed E-state index contributed by atoms with van der Waals surface area (Å²) in [6.45, 7) is 8.04. The Morgan fingerprint density at radius 2 is 1.94 bits per heavy atom. The fraction of sp³-hybridized carbons (Fsp3) is 1.00. The summed E-state index contributed by atoms with van der Waals surface area (Å²) in [6, 6.07) is 0. The van der Waals surface area contributed by atoms with E-state index in [1.54, 1.807) is 0 Å². The van der Waals surface area contributed by atoms with Crippen molar-refractivity contribution in [1.29, 1.82) is 0 Å². The molecule has 0 aliphatic heterocycles. The molecule has 2 aliphatic carbocycles. The molecular weight excluding hydrogens is 224 g/mol. The smallest absolute Gasteiger partial charge is 0.0489 e. The van der Waals surface area contributed by atoms with Crippen LogP contribution in [0.1, 0.15) is 40.0 Å². The first-order valence-corrected chi connectivity index (χ1v) is 7.26. The maximum Gasteiger partial charge on any atom is 0.0489 e. The monoisotopic (exact) mass is 254 g/mol. The molecule has 2 saturated carbocycles. The second kappa shape index (κ2) is 4.19. The Morgan fingerprint density at radius 1 is 1.33 bits per heavy atom. The van der Waals surface area contributed by atoms with Crippen LogP contribution in [0.3, 0.4) is 0 Å². The number of fused-ring (bicyclic) bond motifs is 2. The van der Waals surface area contributed by atoms with Gasteiger partial charge in [0.25, 0.3) is 0 Å². The summed E-state index contributed by atoms with van der Waals surface area (Å²) in [7, 11) is 4.33. The average Bonchev–Trinajstić information content (AvgIpc) is 2.62. The molecule has 18 heavy (non-hydrogen) atoms. The molecule has 0 saturated heterocycles. The Bertz CT molecular complexity index is 324. The first kappa shape index (κ1) is 14.3. The van der Waals surface area contributed by atoms with Gasteiger partial charge in [0, 0.05) is 18.1 Å². The van der Waals surface area contributed by atoms with Gasteiger partial charge < -0.3 is 15.7 Å². The molecule has 2 aliphatic rings. The summed E-state index contributed by atoms with van der Waals surface area (Å²) in [4.78, 5) is 2.36. The Hall–Kier alpha value is -0.120. The summed E-state index contributed by atoms with van der Waals surface area (Å²) in [5.74, 6) is 0.951. The first-order chi connectivity index (χ1) is 8.28. The zero-order valence-corrected chi connectivity index (χ0v) is 12.7. The second-order valence-corrected chi connectivity index (χ2v) is 7.43. The number of hydrogen-bond donors (Lipinski definition) is 2. The molecule has 3 heteroatoms. The van der Waals surface area contributed by atoms with E-state index in [-0.39, 0.29) is 23.5 Å². The van der Waals surface area contributed by atoms with Gasteiger partial charge in [-0.3, -0.25) is 0 Å². The summed E-state index contributed by atoms with van der Waals surface area (Å²) in [6.07, 6.45) is 3.78. The maximum absolute atomic E-state index is 9.81. The van der Waals surface area contributed by atoms with Gasteiger partial charge >= 0.3 is 0 Å². The van der Waals surface area contributed by atoms with Crippen LogP contribution in [0.5, 0.6) is 0 Å². The molecule has 0 heterocycles. The molecule has 0 radical (unpaired) electrons. The minimum atomic E-state index is 0.0584. The molecule has 2 bridgehead atoms.